The number of hydrogen-bond acceptors (Lipinski definition) is 1. The molecule has 3 rings (SSSR count). The van der Waals surface area contributed by atoms with Crippen LogP contribution in [0.5, 0.6) is 0 Å². The number of anilines is 1. The first-order valence-electron chi connectivity index (χ1n) is 7.50. The summed E-state index contributed by atoms with van der Waals surface area (Å²) >= 11 is 0. The van der Waals surface area contributed by atoms with E-state index in [1.54, 1.807) is 0 Å². The summed E-state index contributed by atoms with van der Waals surface area (Å²) in [5, 5.41) is 3.21. The average molecular weight is 385 g/mol. The Hall–Kier alpha value is -0.780. The van der Waals surface area contributed by atoms with Gasteiger partial charge in [-0.25, -0.2) is 0 Å². The molecule has 0 saturated heterocycles. The highest BCUT2D eigenvalue weighted by atomic mass is 127. The standard InChI is InChI=1S/C16H23N3.HI/c17-16(18-10-9-12-3-1-4-12)19-15-8-7-13-5-2-6-14(13)11-15;/h7-8,11-12H,1-6,9-10H2,(H3,17,18,19);1H. The zero-order valence-electron chi connectivity index (χ0n) is 11.9. The molecule has 0 radical (unpaired) electrons. The predicted molar refractivity (Wildman–Crippen MR) is 96.0 cm³/mol. The molecule has 0 aromatic heterocycles. The van der Waals surface area contributed by atoms with Crippen LogP contribution in [0.2, 0.25) is 0 Å². The van der Waals surface area contributed by atoms with Gasteiger partial charge in [0.1, 0.15) is 0 Å². The molecule has 2 aliphatic carbocycles. The number of aliphatic imine (C=N–C) groups is 1. The summed E-state index contributed by atoms with van der Waals surface area (Å²) in [6.45, 7) is 0.856. The third kappa shape index (κ3) is 3.87. The maximum absolute atomic E-state index is 5.94. The van der Waals surface area contributed by atoms with Gasteiger partial charge in [-0.1, -0.05) is 25.3 Å². The highest BCUT2D eigenvalue weighted by Crippen LogP contribution is 2.29. The second-order valence-corrected chi connectivity index (χ2v) is 5.81. The first-order chi connectivity index (χ1) is 9.31. The van der Waals surface area contributed by atoms with Crippen molar-refractivity contribution in [3.63, 3.8) is 0 Å². The van der Waals surface area contributed by atoms with Crippen molar-refractivity contribution in [1.29, 1.82) is 0 Å². The van der Waals surface area contributed by atoms with Crippen molar-refractivity contribution in [3.05, 3.63) is 29.3 Å². The maximum Gasteiger partial charge on any atom is 0.193 e. The van der Waals surface area contributed by atoms with Crippen molar-refractivity contribution in [1.82, 2.24) is 0 Å². The lowest BCUT2D eigenvalue weighted by molar-refractivity contribution is 0.300. The monoisotopic (exact) mass is 385 g/mol. The molecule has 2 aliphatic rings. The molecule has 0 bridgehead atoms. The lowest BCUT2D eigenvalue weighted by Crippen LogP contribution is -2.23. The molecule has 110 valence electrons. The quantitative estimate of drug-likeness (QED) is 0.472. The Kier molecular flexibility index (Phi) is 5.69. The summed E-state index contributed by atoms with van der Waals surface area (Å²) < 4.78 is 0. The van der Waals surface area contributed by atoms with Crippen LogP contribution >= 0.6 is 24.0 Å². The fourth-order valence-corrected chi connectivity index (χ4v) is 2.99. The second kappa shape index (κ2) is 7.29. The van der Waals surface area contributed by atoms with Crippen LogP contribution in [0, 0.1) is 5.92 Å². The largest absolute Gasteiger partial charge is 0.370 e. The van der Waals surface area contributed by atoms with Crippen LogP contribution < -0.4 is 11.1 Å². The molecule has 1 fully saturated rings. The minimum Gasteiger partial charge on any atom is -0.370 e. The van der Waals surface area contributed by atoms with Gasteiger partial charge >= 0.3 is 0 Å². The Balaban J connectivity index is 0.00000147. The van der Waals surface area contributed by atoms with E-state index in [4.69, 9.17) is 5.73 Å². The summed E-state index contributed by atoms with van der Waals surface area (Å²) in [7, 11) is 0. The van der Waals surface area contributed by atoms with E-state index >= 15 is 0 Å². The minimum absolute atomic E-state index is 0. The van der Waals surface area contributed by atoms with Crippen LogP contribution in [0.15, 0.2) is 23.2 Å². The number of benzene rings is 1. The van der Waals surface area contributed by atoms with E-state index in [2.05, 4.69) is 28.5 Å². The van der Waals surface area contributed by atoms with Crippen molar-refractivity contribution in [2.24, 2.45) is 16.6 Å². The van der Waals surface area contributed by atoms with Gasteiger partial charge in [0.25, 0.3) is 0 Å². The molecule has 0 unspecified atom stereocenters. The average Bonchev–Trinajstić information content (AvgIpc) is 2.79. The summed E-state index contributed by atoms with van der Waals surface area (Å²) in [5.74, 6) is 1.45. The van der Waals surface area contributed by atoms with E-state index in [1.807, 2.05) is 0 Å². The number of hydrogen-bond donors (Lipinski definition) is 2. The van der Waals surface area contributed by atoms with Crippen LogP contribution in [0.4, 0.5) is 5.69 Å². The number of aryl methyl sites for hydroxylation is 2. The number of nitrogens with zero attached hydrogens (tertiary/aromatic N) is 1. The summed E-state index contributed by atoms with van der Waals surface area (Å²) in [6, 6.07) is 6.54. The van der Waals surface area contributed by atoms with E-state index in [-0.39, 0.29) is 24.0 Å². The van der Waals surface area contributed by atoms with E-state index in [9.17, 15) is 0 Å². The van der Waals surface area contributed by atoms with E-state index in [1.165, 1.54) is 56.1 Å². The first-order valence-corrected chi connectivity index (χ1v) is 7.50. The van der Waals surface area contributed by atoms with Crippen molar-refractivity contribution in [2.75, 3.05) is 11.9 Å². The van der Waals surface area contributed by atoms with Gasteiger partial charge in [-0.3, -0.25) is 4.99 Å². The van der Waals surface area contributed by atoms with Gasteiger partial charge < -0.3 is 11.1 Å². The van der Waals surface area contributed by atoms with Gasteiger partial charge in [-0.05, 0) is 54.9 Å². The third-order valence-electron chi connectivity index (χ3n) is 4.42. The molecule has 0 amide bonds. The molecule has 0 aliphatic heterocycles. The van der Waals surface area contributed by atoms with Crippen LogP contribution in [0.3, 0.4) is 0 Å². The summed E-state index contributed by atoms with van der Waals surface area (Å²) in [6.07, 6.45) is 9.05. The van der Waals surface area contributed by atoms with Crippen LogP contribution in [-0.2, 0) is 12.8 Å². The van der Waals surface area contributed by atoms with Crippen molar-refractivity contribution in [2.45, 2.75) is 44.9 Å². The van der Waals surface area contributed by atoms with Crippen molar-refractivity contribution in [3.8, 4) is 0 Å². The van der Waals surface area contributed by atoms with Crippen molar-refractivity contribution >= 4 is 35.6 Å². The Morgan fingerprint density at radius 1 is 1.20 bits per heavy atom. The van der Waals surface area contributed by atoms with Gasteiger partial charge in [-0.15, -0.1) is 24.0 Å². The second-order valence-electron chi connectivity index (χ2n) is 5.81. The number of fused-ring (bicyclic) bond motifs is 1. The Morgan fingerprint density at radius 3 is 2.75 bits per heavy atom. The molecular formula is C16H24IN3. The number of halogens is 1. The summed E-state index contributed by atoms with van der Waals surface area (Å²) in [4.78, 5) is 4.42. The molecule has 20 heavy (non-hydrogen) atoms. The molecule has 3 nitrogen and oxygen atoms in total. The highest BCUT2D eigenvalue weighted by Gasteiger charge is 2.16. The minimum atomic E-state index is 0. The van der Waals surface area contributed by atoms with Gasteiger partial charge in [0.05, 0.1) is 0 Å². The van der Waals surface area contributed by atoms with E-state index in [0.717, 1.165) is 18.2 Å². The first kappa shape index (κ1) is 15.6. The fourth-order valence-electron chi connectivity index (χ4n) is 2.99. The Bertz CT molecular complexity index is 481. The number of nitrogens with two attached hydrogens (primary N) is 1. The molecule has 0 heterocycles. The normalized spacial score (nSPS) is 18.1. The van der Waals surface area contributed by atoms with Crippen LogP contribution in [0.1, 0.15) is 43.2 Å². The van der Waals surface area contributed by atoms with Gasteiger partial charge in [0.15, 0.2) is 5.96 Å². The topological polar surface area (TPSA) is 50.4 Å². The zero-order valence-corrected chi connectivity index (χ0v) is 14.2. The van der Waals surface area contributed by atoms with Gasteiger partial charge in [0.2, 0.25) is 0 Å². The van der Waals surface area contributed by atoms with Crippen LogP contribution in [-0.4, -0.2) is 12.5 Å². The van der Waals surface area contributed by atoms with Crippen molar-refractivity contribution < 1.29 is 0 Å². The number of rotatable bonds is 4. The van der Waals surface area contributed by atoms with E-state index in [0.29, 0.717) is 5.96 Å². The third-order valence-corrected chi connectivity index (χ3v) is 4.42. The molecule has 1 saturated carbocycles. The molecule has 1 aromatic rings. The SMILES string of the molecule is I.NC(=NCCC1CCC1)Nc1ccc2c(c1)CCC2. The zero-order chi connectivity index (χ0) is 13.1. The van der Waals surface area contributed by atoms with Gasteiger partial charge in [0, 0.05) is 12.2 Å². The molecule has 3 N–H and O–H groups in total. The highest BCUT2D eigenvalue weighted by molar-refractivity contribution is 14.0. The molecule has 4 heteroatoms. The lowest BCUT2D eigenvalue weighted by Gasteiger charge is -2.24. The molecular weight excluding hydrogens is 361 g/mol. The fraction of sp³-hybridized carbons (Fsp3) is 0.562. The molecule has 1 aromatic carbocycles. The molecule has 0 spiro atoms. The summed E-state index contributed by atoms with van der Waals surface area (Å²) in [5.41, 5.74) is 9.97. The maximum atomic E-state index is 5.94. The predicted octanol–water partition coefficient (Wildman–Crippen LogP) is 3.71. The molecule has 0 atom stereocenters. The smallest absolute Gasteiger partial charge is 0.193 e. The Labute approximate surface area is 138 Å². The number of nitrogens with one attached hydrogen (secondary N) is 1. The lowest BCUT2D eigenvalue weighted by atomic mass is 9.83. The van der Waals surface area contributed by atoms with Crippen LogP contribution in [0.25, 0.3) is 0 Å². The Morgan fingerprint density at radius 2 is 2.00 bits per heavy atom. The van der Waals surface area contributed by atoms with E-state index < -0.39 is 0 Å². The van der Waals surface area contributed by atoms with Gasteiger partial charge in [-0.2, -0.15) is 0 Å². The number of guanidine groups is 1.